The summed E-state index contributed by atoms with van der Waals surface area (Å²) < 4.78 is 56.5. The van der Waals surface area contributed by atoms with Gasteiger partial charge in [-0.2, -0.15) is 4.31 Å². The fourth-order valence-corrected chi connectivity index (χ4v) is 6.13. The average Bonchev–Trinajstić information content (AvgIpc) is 3.33. The molecule has 0 aliphatic carbocycles. The molecule has 1 amide bonds. The van der Waals surface area contributed by atoms with Crippen molar-refractivity contribution in [2.24, 2.45) is 5.92 Å². The standard InChI is InChI=1S/C25H31F2N3O3S/c1-17(2)18-5-7-21(8-6-18)34(32,33)30-13-9-19(10-14-30)25(31)28-20-15-22(26)24(23(27)16-20)29-11-3-4-12-29/h5-8,15-17,19H,3-4,9-14H2,1-2H3,(H,28,31). The predicted octanol–water partition coefficient (Wildman–Crippen LogP) is 4.73. The smallest absolute Gasteiger partial charge is 0.243 e. The Morgan fingerprint density at radius 1 is 0.971 bits per heavy atom. The van der Waals surface area contributed by atoms with Gasteiger partial charge in [0, 0.05) is 37.8 Å². The number of hydrogen-bond acceptors (Lipinski definition) is 4. The Morgan fingerprint density at radius 3 is 2.06 bits per heavy atom. The molecule has 34 heavy (non-hydrogen) atoms. The Hall–Kier alpha value is -2.52. The number of nitrogens with zero attached hydrogens (tertiary/aromatic N) is 2. The molecule has 9 heteroatoms. The first-order valence-electron chi connectivity index (χ1n) is 11.8. The number of benzene rings is 2. The zero-order chi connectivity index (χ0) is 24.5. The van der Waals surface area contributed by atoms with E-state index in [2.05, 4.69) is 5.32 Å². The van der Waals surface area contributed by atoms with E-state index in [0.717, 1.165) is 30.5 Å². The SMILES string of the molecule is CC(C)c1ccc(S(=O)(=O)N2CCC(C(=O)Nc3cc(F)c(N4CCCC4)c(F)c3)CC2)cc1. The number of halogens is 2. The van der Waals surface area contributed by atoms with Gasteiger partial charge in [-0.25, -0.2) is 17.2 Å². The minimum Gasteiger partial charge on any atom is -0.367 e. The molecule has 2 aromatic rings. The molecule has 0 atom stereocenters. The van der Waals surface area contributed by atoms with Crippen molar-refractivity contribution in [3.8, 4) is 0 Å². The summed E-state index contributed by atoms with van der Waals surface area (Å²) in [5.41, 5.74) is 1.09. The van der Waals surface area contributed by atoms with Crippen LogP contribution in [-0.4, -0.2) is 44.8 Å². The van der Waals surface area contributed by atoms with Crippen LogP contribution in [0.2, 0.25) is 0 Å². The fraction of sp³-hybridized carbons (Fsp3) is 0.480. The van der Waals surface area contributed by atoms with Crippen LogP contribution in [-0.2, 0) is 14.8 Å². The van der Waals surface area contributed by atoms with Crippen molar-refractivity contribution in [2.75, 3.05) is 36.4 Å². The molecule has 2 aromatic carbocycles. The van der Waals surface area contributed by atoms with E-state index in [1.165, 1.54) is 4.31 Å². The highest BCUT2D eigenvalue weighted by Gasteiger charge is 2.32. The third-order valence-electron chi connectivity index (χ3n) is 6.72. The highest BCUT2D eigenvalue weighted by Crippen LogP contribution is 2.31. The van der Waals surface area contributed by atoms with Crippen molar-refractivity contribution < 1.29 is 22.0 Å². The molecule has 2 aliphatic heterocycles. The number of hydrogen-bond donors (Lipinski definition) is 1. The summed E-state index contributed by atoms with van der Waals surface area (Å²) >= 11 is 0. The molecule has 4 rings (SSSR count). The lowest BCUT2D eigenvalue weighted by Crippen LogP contribution is -2.41. The molecule has 0 aromatic heterocycles. The van der Waals surface area contributed by atoms with E-state index in [-0.39, 0.29) is 35.3 Å². The highest BCUT2D eigenvalue weighted by molar-refractivity contribution is 7.89. The van der Waals surface area contributed by atoms with E-state index in [9.17, 15) is 22.0 Å². The van der Waals surface area contributed by atoms with Crippen molar-refractivity contribution in [2.45, 2.75) is 50.3 Å². The maximum Gasteiger partial charge on any atom is 0.243 e. The van der Waals surface area contributed by atoms with Gasteiger partial charge in [0.15, 0.2) is 11.6 Å². The lowest BCUT2D eigenvalue weighted by Gasteiger charge is -2.30. The second-order valence-electron chi connectivity index (χ2n) is 9.37. The minimum atomic E-state index is -3.64. The first kappa shape index (κ1) is 24.6. The Bertz CT molecular complexity index is 1120. The molecule has 2 aliphatic rings. The molecule has 0 saturated carbocycles. The van der Waals surface area contributed by atoms with Gasteiger partial charge < -0.3 is 10.2 Å². The summed E-state index contributed by atoms with van der Waals surface area (Å²) in [5.74, 6) is -1.86. The van der Waals surface area contributed by atoms with Crippen LogP contribution in [0.25, 0.3) is 0 Å². The van der Waals surface area contributed by atoms with Gasteiger partial charge in [0.1, 0.15) is 5.69 Å². The van der Waals surface area contributed by atoms with Gasteiger partial charge >= 0.3 is 0 Å². The predicted molar refractivity (Wildman–Crippen MR) is 128 cm³/mol. The molecule has 184 valence electrons. The fourth-order valence-electron chi connectivity index (χ4n) is 4.66. The molecular formula is C25H31F2N3O3S. The number of nitrogens with one attached hydrogen (secondary N) is 1. The zero-order valence-electron chi connectivity index (χ0n) is 19.6. The molecule has 2 saturated heterocycles. The zero-order valence-corrected chi connectivity index (χ0v) is 20.4. The number of piperidine rings is 1. The normalized spacial score (nSPS) is 18.0. The summed E-state index contributed by atoms with van der Waals surface area (Å²) in [6, 6.07) is 9.19. The summed E-state index contributed by atoms with van der Waals surface area (Å²) in [4.78, 5) is 14.6. The molecular weight excluding hydrogens is 460 g/mol. The van der Waals surface area contributed by atoms with Crippen molar-refractivity contribution in [3.05, 3.63) is 53.6 Å². The summed E-state index contributed by atoms with van der Waals surface area (Å²) in [6.45, 7) is 5.74. The molecule has 6 nitrogen and oxygen atoms in total. The minimum absolute atomic E-state index is 0.0459. The van der Waals surface area contributed by atoms with Gasteiger partial charge in [-0.15, -0.1) is 0 Å². The van der Waals surface area contributed by atoms with E-state index < -0.39 is 27.6 Å². The van der Waals surface area contributed by atoms with Crippen LogP contribution in [0.4, 0.5) is 20.2 Å². The lowest BCUT2D eigenvalue weighted by molar-refractivity contribution is -0.120. The summed E-state index contributed by atoms with van der Waals surface area (Å²) in [6.07, 6.45) is 2.47. The van der Waals surface area contributed by atoms with Crippen LogP contribution in [0.1, 0.15) is 51.0 Å². The van der Waals surface area contributed by atoms with Gasteiger partial charge in [-0.05, 0) is 61.4 Å². The van der Waals surface area contributed by atoms with E-state index in [4.69, 9.17) is 0 Å². The van der Waals surface area contributed by atoms with Gasteiger partial charge in [0.25, 0.3) is 0 Å². The van der Waals surface area contributed by atoms with E-state index >= 15 is 0 Å². The van der Waals surface area contributed by atoms with Crippen LogP contribution in [0.3, 0.4) is 0 Å². The van der Waals surface area contributed by atoms with Crippen molar-refractivity contribution in [3.63, 3.8) is 0 Å². The molecule has 0 radical (unpaired) electrons. The second-order valence-corrected chi connectivity index (χ2v) is 11.3. The average molecular weight is 492 g/mol. The van der Waals surface area contributed by atoms with Crippen molar-refractivity contribution in [1.82, 2.24) is 4.31 Å². The monoisotopic (exact) mass is 491 g/mol. The van der Waals surface area contributed by atoms with Crippen LogP contribution in [0.5, 0.6) is 0 Å². The number of carbonyl (C=O) groups excluding carboxylic acids is 1. The summed E-state index contributed by atoms with van der Waals surface area (Å²) in [5, 5.41) is 2.61. The molecule has 0 spiro atoms. The largest absolute Gasteiger partial charge is 0.367 e. The van der Waals surface area contributed by atoms with E-state index in [1.807, 2.05) is 26.0 Å². The van der Waals surface area contributed by atoms with Crippen LogP contribution in [0.15, 0.2) is 41.3 Å². The highest BCUT2D eigenvalue weighted by atomic mass is 32.2. The molecule has 2 fully saturated rings. The number of carbonyl (C=O) groups is 1. The number of rotatable bonds is 6. The molecule has 0 bridgehead atoms. The topological polar surface area (TPSA) is 69.7 Å². The van der Waals surface area contributed by atoms with Gasteiger partial charge in [-0.1, -0.05) is 26.0 Å². The van der Waals surface area contributed by atoms with Crippen molar-refractivity contribution >= 4 is 27.3 Å². The molecule has 0 unspecified atom stereocenters. The molecule has 1 N–H and O–H groups in total. The van der Waals surface area contributed by atoms with E-state index in [0.29, 0.717) is 31.8 Å². The first-order valence-corrected chi connectivity index (χ1v) is 13.3. The van der Waals surface area contributed by atoms with Gasteiger partial charge in [-0.3, -0.25) is 4.79 Å². The van der Waals surface area contributed by atoms with Crippen LogP contribution in [0, 0.1) is 17.6 Å². The summed E-state index contributed by atoms with van der Waals surface area (Å²) in [7, 11) is -3.64. The maximum atomic E-state index is 14.6. The van der Waals surface area contributed by atoms with E-state index in [1.54, 1.807) is 17.0 Å². The second kappa shape index (κ2) is 10.00. The Balaban J connectivity index is 1.37. The van der Waals surface area contributed by atoms with Crippen LogP contribution >= 0.6 is 0 Å². The number of amides is 1. The Labute approximate surface area is 200 Å². The maximum absolute atomic E-state index is 14.6. The van der Waals surface area contributed by atoms with Crippen LogP contribution < -0.4 is 10.2 Å². The van der Waals surface area contributed by atoms with Crippen molar-refractivity contribution in [1.29, 1.82) is 0 Å². The quantitative estimate of drug-likeness (QED) is 0.635. The number of sulfonamides is 1. The first-order chi connectivity index (χ1) is 16.2. The Morgan fingerprint density at radius 2 is 1.53 bits per heavy atom. The lowest BCUT2D eigenvalue weighted by atomic mass is 9.97. The van der Waals surface area contributed by atoms with Gasteiger partial charge in [0.2, 0.25) is 15.9 Å². The third-order valence-corrected chi connectivity index (χ3v) is 8.63. The molecule has 2 heterocycles. The van der Waals surface area contributed by atoms with Gasteiger partial charge in [0.05, 0.1) is 4.90 Å². The Kier molecular flexibility index (Phi) is 7.23. The number of anilines is 2. The third kappa shape index (κ3) is 5.10.